The van der Waals surface area contributed by atoms with Gasteiger partial charge in [-0.3, -0.25) is 0 Å². The molecule has 0 aliphatic carbocycles. The lowest BCUT2D eigenvalue weighted by molar-refractivity contribution is 0.397. The third-order valence-corrected chi connectivity index (χ3v) is 5.43. The summed E-state index contributed by atoms with van der Waals surface area (Å²) in [5, 5.41) is 3.51. The minimum atomic E-state index is 0.119. The molecule has 0 fully saturated rings. The predicted octanol–water partition coefficient (Wildman–Crippen LogP) is 6.23. The molecule has 0 aliphatic rings. The van der Waals surface area contributed by atoms with E-state index >= 15 is 0 Å². The van der Waals surface area contributed by atoms with Gasteiger partial charge in [-0.15, -0.1) is 0 Å². The summed E-state index contributed by atoms with van der Waals surface area (Å²) in [5.74, 6) is 1.32. The van der Waals surface area contributed by atoms with Gasteiger partial charge in [0, 0.05) is 11.6 Å². The van der Waals surface area contributed by atoms with Crippen molar-refractivity contribution in [1.82, 2.24) is 9.97 Å². The monoisotopic (exact) mass is 383 g/mol. The average molecular weight is 384 g/mol. The lowest BCUT2D eigenvalue weighted by Gasteiger charge is -2.23. The Balaban J connectivity index is 2.63. The maximum absolute atomic E-state index is 5.62. The molecule has 0 aliphatic heterocycles. The van der Waals surface area contributed by atoms with Crippen LogP contribution in [0.2, 0.25) is 0 Å². The molecule has 0 saturated heterocycles. The van der Waals surface area contributed by atoms with Crippen molar-refractivity contribution in [2.24, 2.45) is 0 Å². The van der Waals surface area contributed by atoms with Gasteiger partial charge in [-0.25, -0.2) is 9.97 Å². The van der Waals surface area contributed by atoms with Crippen molar-refractivity contribution < 1.29 is 4.74 Å². The number of anilines is 1. The van der Waals surface area contributed by atoms with Crippen molar-refractivity contribution in [3.8, 4) is 17.1 Å². The Bertz CT molecular complexity index is 794. The van der Waals surface area contributed by atoms with Gasteiger partial charge in [0.15, 0.2) is 5.82 Å². The summed E-state index contributed by atoms with van der Waals surface area (Å²) >= 11 is 0. The number of aryl methyl sites for hydroxylation is 3. The van der Waals surface area contributed by atoms with E-state index < -0.39 is 0 Å². The molecule has 0 atom stereocenters. The molecule has 2 aromatic rings. The van der Waals surface area contributed by atoms with Gasteiger partial charge >= 0.3 is 0 Å². The number of nitrogens with one attached hydrogen (secondary N) is 1. The zero-order valence-electron chi connectivity index (χ0n) is 19.2. The van der Waals surface area contributed by atoms with E-state index in [4.69, 9.17) is 14.7 Å². The van der Waals surface area contributed by atoms with Gasteiger partial charge < -0.3 is 10.1 Å². The van der Waals surface area contributed by atoms with Crippen LogP contribution in [0.1, 0.15) is 76.8 Å². The Morgan fingerprint density at radius 3 is 2.00 bits per heavy atom. The van der Waals surface area contributed by atoms with Crippen molar-refractivity contribution in [2.45, 2.75) is 86.1 Å². The van der Waals surface area contributed by atoms with Crippen LogP contribution in [0.3, 0.4) is 0 Å². The second kappa shape index (κ2) is 8.93. The molecule has 154 valence electrons. The highest BCUT2D eigenvalue weighted by atomic mass is 16.5. The highest BCUT2D eigenvalue weighted by molar-refractivity contribution is 5.72. The maximum Gasteiger partial charge on any atom is 0.257 e. The van der Waals surface area contributed by atoms with Crippen molar-refractivity contribution in [1.29, 1.82) is 0 Å². The second-order valence-corrected chi connectivity index (χ2v) is 8.62. The molecule has 2 rings (SSSR count). The number of hydrogen-bond donors (Lipinski definition) is 1. The summed E-state index contributed by atoms with van der Waals surface area (Å²) in [6.45, 7) is 17.6. The molecular weight excluding hydrogens is 346 g/mol. The van der Waals surface area contributed by atoms with Crippen molar-refractivity contribution in [2.75, 3.05) is 12.4 Å². The van der Waals surface area contributed by atoms with Gasteiger partial charge in [-0.05, 0) is 55.2 Å². The van der Waals surface area contributed by atoms with E-state index in [9.17, 15) is 0 Å². The first-order valence-corrected chi connectivity index (χ1v) is 10.5. The SMILES string of the molecule is CCc1nc(NC(CC)CC)c(OC)nc1-c1c(C)cc(C(C)(C)C)cc1C. The van der Waals surface area contributed by atoms with Crippen molar-refractivity contribution >= 4 is 5.82 Å². The van der Waals surface area contributed by atoms with Crippen LogP contribution in [-0.2, 0) is 11.8 Å². The smallest absolute Gasteiger partial charge is 0.257 e. The number of methoxy groups -OCH3 is 1. The van der Waals surface area contributed by atoms with E-state index in [-0.39, 0.29) is 5.41 Å². The Labute approximate surface area is 171 Å². The molecule has 1 aromatic heterocycles. The summed E-state index contributed by atoms with van der Waals surface area (Å²) in [6.07, 6.45) is 2.90. The molecular formula is C24H37N3O. The minimum Gasteiger partial charge on any atom is -0.478 e. The van der Waals surface area contributed by atoms with Crippen LogP contribution in [0.5, 0.6) is 5.88 Å². The fourth-order valence-electron chi connectivity index (χ4n) is 3.59. The second-order valence-electron chi connectivity index (χ2n) is 8.62. The van der Waals surface area contributed by atoms with Crippen LogP contribution in [0.25, 0.3) is 11.3 Å². The third kappa shape index (κ3) is 4.65. The minimum absolute atomic E-state index is 0.119. The number of hydrogen-bond acceptors (Lipinski definition) is 4. The van der Waals surface area contributed by atoms with Gasteiger partial charge in [0.05, 0.1) is 18.5 Å². The quantitative estimate of drug-likeness (QED) is 0.615. The molecule has 0 unspecified atom stereocenters. The van der Waals surface area contributed by atoms with Crippen LogP contribution >= 0.6 is 0 Å². The summed E-state index contributed by atoms with van der Waals surface area (Å²) in [5.41, 5.74) is 7.04. The Kier molecular flexibility index (Phi) is 7.08. The highest BCUT2D eigenvalue weighted by Gasteiger charge is 2.21. The van der Waals surface area contributed by atoms with Gasteiger partial charge in [0.2, 0.25) is 0 Å². The van der Waals surface area contributed by atoms with Crippen LogP contribution in [0.15, 0.2) is 12.1 Å². The molecule has 1 N–H and O–H groups in total. The molecule has 4 nitrogen and oxygen atoms in total. The van der Waals surface area contributed by atoms with E-state index in [1.54, 1.807) is 7.11 Å². The summed E-state index contributed by atoms with van der Waals surface area (Å²) in [7, 11) is 1.67. The first-order chi connectivity index (χ1) is 13.2. The number of rotatable bonds is 7. The van der Waals surface area contributed by atoms with Gasteiger partial charge in [-0.2, -0.15) is 0 Å². The first-order valence-electron chi connectivity index (χ1n) is 10.5. The molecule has 1 aromatic carbocycles. The standard InChI is InChI=1S/C24H37N3O/c1-10-18(11-2)25-22-23(28-9)27-21(19(12-3)26-22)20-15(4)13-17(14-16(20)5)24(6,7)8/h13-14,18H,10-12H2,1-9H3,(H,25,26). The molecule has 0 spiro atoms. The number of aromatic nitrogens is 2. The predicted molar refractivity (Wildman–Crippen MR) is 120 cm³/mol. The fourth-order valence-corrected chi connectivity index (χ4v) is 3.59. The molecule has 4 heteroatoms. The molecule has 0 saturated carbocycles. The lowest BCUT2D eigenvalue weighted by atomic mass is 9.83. The molecule has 0 bridgehead atoms. The third-order valence-electron chi connectivity index (χ3n) is 5.43. The van der Waals surface area contributed by atoms with E-state index in [1.807, 2.05) is 0 Å². The largest absolute Gasteiger partial charge is 0.478 e. The average Bonchev–Trinajstić information content (AvgIpc) is 2.64. The zero-order chi connectivity index (χ0) is 21.1. The van der Waals surface area contributed by atoms with Crippen molar-refractivity contribution in [3.63, 3.8) is 0 Å². The van der Waals surface area contributed by atoms with Crippen LogP contribution in [-0.4, -0.2) is 23.1 Å². The first kappa shape index (κ1) is 22.2. The normalized spacial score (nSPS) is 11.8. The topological polar surface area (TPSA) is 47.0 Å². The van der Waals surface area contributed by atoms with E-state index in [0.717, 1.165) is 36.5 Å². The van der Waals surface area contributed by atoms with Crippen LogP contribution in [0, 0.1) is 13.8 Å². The number of ether oxygens (including phenoxy) is 1. The van der Waals surface area contributed by atoms with Crippen LogP contribution in [0.4, 0.5) is 5.82 Å². The highest BCUT2D eigenvalue weighted by Crippen LogP contribution is 2.35. The summed E-state index contributed by atoms with van der Waals surface area (Å²) < 4.78 is 5.62. The van der Waals surface area contributed by atoms with Crippen LogP contribution < -0.4 is 10.1 Å². The van der Waals surface area contributed by atoms with Gasteiger partial charge in [-0.1, -0.05) is 53.7 Å². The molecule has 1 heterocycles. The Hall–Kier alpha value is -2.10. The molecule has 0 amide bonds. The number of benzene rings is 1. The van der Waals surface area contributed by atoms with E-state index in [0.29, 0.717) is 11.9 Å². The number of nitrogens with zero attached hydrogens (tertiary/aromatic N) is 2. The van der Waals surface area contributed by atoms with Gasteiger partial charge in [0.1, 0.15) is 0 Å². The molecule has 28 heavy (non-hydrogen) atoms. The summed E-state index contributed by atoms with van der Waals surface area (Å²) in [4.78, 5) is 9.85. The van der Waals surface area contributed by atoms with Gasteiger partial charge in [0.25, 0.3) is 5.88 Å². The zero-order valence-corrected chi connectivity index (χ0v) is 19.2. The van der Waals surface area contributed by atoms with Crippen molar-refractivity contribution in [3.05, 3.63) is 34.5 Å². The fraction of sp³-hybridized carbons (Fsp3) is 0.583. The maximum atomic E-state index is 5.62. The Morgan fingerprint density at radius 2 is 1.57 bits per heavy atom. The molecule has 0 radical (unpaired) electrons. The summed E-state index contributed by atoms with van der Waals surface area (Å²) in [6, 6.07) is 4.94. The Morgan fingerprint density at radius 1 is 1.00 bits per heavy atom. The lowest BCUT2D eigenvalue weighted by Crippen LogP contribution is -2.19. The van der Waals surface area contributed by atoms with E-state index in [2.05, 4.69) is 72.8 Å². The van der Waals surface area contributed by atoms with E-state index in [1.165, 1.54) is 22.3 Å².